The summed E-state index contributed by atoms with van der Waals surface area (Å²) in [6, 6.07) is 5.87. The zero-order valence-electron chi connectivity index (χ0n) is 16.7. The number of nitrogens with zero attached hydrogens (tertiary/aromatic N) is 4. The zero-order chi connectivity index (χ0) is 21.3. The number of aromatic nitrogens is 4. The first kappa shape index (κ1) is 20.7. The van der Waals surface area contributed by atoms with Crippen LogP contribution < -0.4 is 21.3 Å². The first-order valence-corrected chi connectivity index (χ1v) is 9.37. The lowest BCUT2D eigenvalue weighted by atomic mass is 10.1. The fraction of sp³-hybridized carbons (Fsp3) is 0.368. The number of amides is 1. The van der Waals surface area contributed by atoms with Crippen LogP contribution in [0.5, 0.6) is 5.75 Å². The molecule has 0 spiro atoms. The van der Waals surface area contributed by atoms with Gasteiger partial charge in [0.15, 0.2) is 11.2 Å². The molecule has 0 radical (unpaired) electrons. The van der Waals surface area contributed by atoms with E-state index in [2.05, 4.69) is 10.3 Å². The lowest BCUT2D eigenvalue weighted by Gasteiger charge is -2.11. The Labute approximate surface area is 171 Å². The lowest BCUT2D eigenvalue weighted by molar-refractivity contribution is -0.121. The molecular weight excluding hydrogens is 398 g/mol. The number of halogens is 1. The van der Waals surface area contributed by atoms with Gasteiger partial charge in [0.25, 0.3) is 5.56 Å². The van der Waals surface area contributed by atoms with E-state index in [4.69, 9.17) is 16.3 Å². The zero-order valence-corrected chi connectivity index (χ0v) is 17.4. The highest BCUT2D eigenvalue weighted by molar-refractivity contribution is 6.29. The van der Waals surface area contributed by atoms with E-state index in [1.54, 1.807) is 0 Å². The van der Waals surface area contributed by atoms with E-state index in [1.165, 1.54) is 23.2 Å². The minimum absolute atomic E-state index is 0.0417. The first-order valence-electron chi connectivity index (χ1n) is 8.99. The van der Waals surface area contributed by atoms with Gasteiger partial charge in [-0.1, -0.05) is 17.7 Å². The van der Waals surface area contributed by atoms with E-state index in [0.717, 1.165) is 21.4 Å². The molecule has 0 fully saturated rings. The molecule has 9 nitrogen and oxygen atoms in total. The number of hydrogen-bond donors (Lipinski definition) is 1. The smallest absolute Gasteiger partial charge is 0.332 e. The van der Waals surface area contributed by atoms with Crippen molar-refractivity contribution in [3.63, 3.8) is 0 Å². The molecule has 0 aliphatic heterocycles. The van der Waals surface area contributed by atoms with Crippen molar-refractivity contribution in [2.45, 2.75) is 20.4 Å². The highest BCUT2D eigenvalue weighted by Gasteiger charge is 2.19. The third-order valence-electron chi connectivity index (χ3n) is 4.62. The van der Waals surface area contributed by atoms with Crippen molar-refractivity contribution < 1.29 is 9.53 Å². The van der Waals surface area contributed by atoms with Gasteiger partial charge < -0.3 is 10.1 Å². The van der Waals surface area contributed by atoms with E-state index in [0.29, 0.717) is 6.61 Å². The molecule has 2 aromatic heterocycles. The van der Waals surface area contributed by atoms with Gasteiger partial charge in [-0.2, -0.15) is 4.98 Å². The first-order chi connectivity index (χ1) is 13.7. The Morgan fingerprint density at radius 2 is 1.93 bits per heavy atom. The molecule has 2 heterocycles. The molecule has 154 valence electrons. The molecule has 0 unspecified atom stereocenters. The number of benzene rings is 1. The van der Waals surface area contributed by atoms with Gasteiger partial charge in [-0.05, 0) is 37.1 Å². The van der Waals surface area contributed by atoms with Gasteiger partial charge >= 0.3 is 5.69 Å². The third kappa shape index (κ3) is 4.04. The molecule has 3 aromatic rings. The summed E-state index contributed by atoms with van der Waals surface area (Å²) in [4.78, 5) is 40.9. The number of nitrogens with one attached hydrogen (secondary N) is 1. The molecule has 0 saturated carbocycles. The summed E-state index contributed by atoms with van der Waals surface area (Å²) in [5.74, 6) is 0.407. The Bertz CT molecular complexity index is 1210. The maximum absolute atomic E-state index is 12.5. The number of imidazole rings is 1. The van der Waals surface area contributed by atoms with Crippen molar-refractivity contribution in [2.75, 3.05) is 13.2 Å². The van der Waals surface area contributed by atoms with Crippen LogP contribution >= 0.6 is 11.6 Å². The fourth-order valence-corrected chi connectivity index (χ4v) is 3.30. The highest BCUT2D eigenvalue weighted by atomic mass is 35.5. The van der Waals surface area contributed by atoms with Gasteiger partial charge in [0, 0.05) is 14.1 Å². The number of rotatable bonds is 6. The van der Waals surface area contributed by atoms with Crippen LogP contribution in [0.3, 0.4) is 0 Å². The molecule has 0 bridgehead atoms. The maximum Gasteiger partial charge on any atom is 0.332 e. The Balaban J connectivity index is 1.68. The molecule has 10 heteroatoms. The number of carbonyl (C=O) groups is 1. The molecule has 1 N–H and O–H groups in total. The van der Waals surface area contributed by atoms with Gasteiger partial charge in [-0.15, -0.1) is 0 Å². The molecule has 0 atom stereocenters. The Morgan fingerprint density at radius 3 is 2.62 bits per heavy atom. The van der Waals surface area contributed by atoms with Crippen LogP contribution in [0.2, 0.25) is 5.28 Å². The second-order valence-electron chi connectivity index (χ2n) is 6.81. The van der Waals surface area contributed by atoms with Crippen LogP contribution in [-0.2, 0) is 25.4 Å². The predicted octanol–water partition coefficient (Wildman–Crippen LogP) is 0.899. The second kappa shape index (κ2) is 8.12. The van der Waals surface area contributed by atoms with Gasteiger partial charge in [0.2, 0.25) is 11.2 Å². The summed E-state index contributed by atoms with van der Waals surface area (Å²) in [7, 11) is 2.85. The van der Waals surface area contributed by atoms with Crippen LogP contribution in [0.25, 0.3) is 11.2 Å². The van der Waals surface area contributed by atoms with E-state index in [-0.39, 0.29) is 35.4 Å². The SMILES string of the molecule is Cc1ccc(OCCNC(=O)Cn2c(Cl)nc3c2c(=O)n(C)c(=O)n3C)c(C)c1. The summed E-state index contributed by atoms with van der Waals surface area (Å²) < 4.78 is 9.14. The number of fused-ring (bicyclic) bond motifs is 1. The van der Waals surface area contributed by atoms with Crippen LogP contribution in [0.15, 0.2) is 27.8 Å². The Kier molecular flexibility index (Phi) is 5.78. The highest BCUT2D eigenvalue weighted by Crippen LogP contribution is 2.18. The molecule has 3 rings (SSSR count). The predicted molar refractivity (Wildman–Crippen MR) is 110 cm³/mol. The topological polar surface area (TPSA) is 100 Å². The van der Waals surface area contributed by atoms with Crippen molar-refractivity contribution in [3.05, 3.63) is 55.4 Å². The number of aryl methyl sites for hydroxylation is 3. The van der Waals surface area contributed by atoms with Crippen molar-refractivity contribution >= 4 is 28.7 Å². The maximum atomic E-state index is 12.5. The lowest BCUT2D eigenvalue weighted by Crippen LogP contribution is -2.38. The third-order valence-corrected chi connectivity index (χ3v) is 4.90. The second-order valence-corrected chi connectivity index (χ2v) is 7.15. The van der Waals surface area contributed by atoms with E-state index in [1.807, 2.05) is 32.0 Å². The molecule has 1 amide bonds. The average Bonchev–Trinajstić information content (AvgIpc) is 2.99. The van der Waals surface area contributed by atoms with Crippen molar-refractivity contribution in [1.29, 1.82) is 0 Å². The van der Waals surface area contributed by atoms with E-state index < -0.39 is 11.2 Å². The summed E-state index contributed by atoms with van der Waals surface area (Å²) in [6.07, 6.45) is 0. The summed E-state index contributed by atoms with van der Waals surface area (Å²) in [6.45, 7) is 4.34. The molecular formula is C19H22ClN5O4. The van der Waals surface area contributed by atoms with Crippen LogP contribution in [-0.4, -0.2) is 37.7 Å². The monoisotopic (exact) mass is 419 g/mol. The summed E-state index contributed by atoms with van der Waals surface area (Å²) in [5.41, 5.74) is 1.33. The molecule has 29 heavy (non-hydrogen) atoms. The Hall–Kier alpha value is -3.07. The van der Waals surface area contributed by atoms with Crippen molar-refractivity contribution in [1.82, 2.24) is 24.0 Å². The van der Waals surface area contributed by atoms with Crippen molar-refractivity contribution in [3.8, 4) is 5.75 Å². The van der Waals surface area contributed by atoms with Gasteiger partial charge in [-0.3, -0.25) is 23.3 Å². The van der Waals surface area contributed by atoms with E-state index in [9.17, 15) is 14.4 Å². The van der Waals surface area contributed by atoms with E-state index >= 15 is 0 Å². The minimum Gasteiger partial charge on any atom is -0.491 e. The van der Waals surface area contributed by atoms with Crippen LogP contribution in [0, 0.1) is 13.8 Å². The Morgan fingerprint density at radius 1 is 1.21 bits per heavy atom. The number of hydrogen-bond acceptors (Lipinski definition) is 5. The van der Waals surface area contributed by atoms with Gasteiger partial charge in [0.05, 0.1) is 6.54 Å². The average molecular weight is 420 g/mol. The summed E-state index contributed by atoms with van der Waals surface area (Å²) in [5, 5.41) is 2.68. The number of ether oxygens (including phenoxy) is 1. The van der Waals surface area contributed by atoms with Crippen LogP contribution in [0.4, 0.5) is 0 Å². The standard InChI is InChI=1S/C19H22ClN5O4/c1-11-5-6-13(12(2)9-11)29-8-7-21-14(26)10-25-15-16(22-18(25)20)23(3)19(28)24(4)17(15)27/h5-6,9H,7-8,10H2,1-4H3,(H,21,26). The van der Waals surface area contributed by atoms with Crippen LogP contribution in [0.1, 0.15) is 11.1 Å². The molecule has 0 aliphatic rings. The molecule has 1 aromatic carbocycles. The van der Waals surface area contributed by atoms with Gasteiger partial charge in [0.1, 0.15) is 18.9 Å². The minimum atomic E-state index is -0.562. The molecule has 0 saturated heterocycles. The fourth-order valence-electron chi connectivity index (χ4n) is 3.08. The summed E-state index contributed by atoms with van der Waals surface area (Å²) >= 11 is 6.12. The normalized spacial score (nSPS) is 11.1. The van der Waals surface area contributed by atoms with Crippen molar-refractivity contribution in [2.24, 2.45) is 14.1 Å². The molecule has 0 aliphatic carbocycles. The van der Waals surface area contributed by atoms with Gasteiger partial charge in [-0.25, -0.2) is 4.79 Å². The largest absolute Gasteiger partial charge is 0.491 e. The number of carbonyl (C=O) groups excluding carboxylic acids is 1. The quantitative estimate of drug-likeness (QED) is 0.472.